The van der Waals surface area contributed by atoms with E-state index in [1.165, 1.54) is 9.87 Å². The molecule has 0 saturated heterocycles. The van der Waals surface area contributed by atoms with Crippen LogP contribution in [0.25, 0.3) is 0 Å². The van der Waals surface area contributed by atoms with Gasteiger partial charge in [0.25, 0.3) is 0 Å². The highest BCUT2D eigenvalue weighted by atomic mass is 32.2. The minimum Gasteiger partial charge on any atom is -0.295 e. The molecule has 0 heterocycles. The fraction of sp³-hybridized carbons (Fsp3) is 0.368. The van der Waals surface area contributed by atoms with E-state index in [1.807, 2.05) is 30.3 Å². The molecule has 130 valence electrons. The Kier molecular flexibility index (Phi) is 6.54. The zero-order chi connectivity index (χ0) is 17.6. The molecule has 0 aromatic heterocycles. The van der Waals surface area contributed by atoms with Crippen LogP contribution in [0, 0.1) is 0 Å². The number of hydrogen-bond donors (Lipinski definition) is 0. The van der Waals surface area contributed by atoms with Gasteiger partial charge in [-0.05, 0) is 36.2 Å². The highest BCUT2D eigenvalue weighted by molar-refractivity contribution is 7.89. The van der Waals surface area contributed by atoms with Crippen molar-refractivity contribution in [3.63, 3.8) is 0 Å². The third-order valence-electron chi connectivity index (χ3n) is 3.87. The van der Waals surface area contributed by atoms with E-state index in [0.29, 0.717) is 4.90 Å². The third kappa shape index (κ3) is 4.90. The summed E-state index contributed by atoms with van der Waals surface area (Å²) < 4.78 is 25.8. The maximum atomic E-state index is 12.3. The van der Waals surface area contributed by atoms with Gasteiger partial charge in [-0.25, -0.2) is 12.7 Å². The molecule has 2 aromatic rings. The molecule has 0 aliphatic rings. The smallest absolute Gasteiger partial charge is 0.242 e. The molecule has 0 aliphatic heterocycles. The second-order valence-electron chi connectivity index (χ2n) is 6.13. The number of hydrogen-bond acceptors (Lipinski definition) is 3. The van der Waals surface area contributed by atoms with Gasteiger partial charge >= 0.3 is 0 Å². The first-order valence-corrected chi connectivity index (χ1v) is 9.65. The van der Waals surface area contributed by atoms with Crippen molar-refractivity contribution in [1.82, 2.24) is 9.21 Å². The van der Waals surface area contributed by atoms with E-state index >= 15 is 0 Å². The van der Waals surface area contributed by atoms with Crippen LogP contribution in [0.4, 0.5) is 0 Å². The molecule has 0 N–H and O–H groups in total. The molecule has 0 aliphatic carbocycles. The van der Waals surface area contributed by atoms with Crippen molar-refractivity contribution >= 4 is 10.0 Å². The molecule has 5 heteroatoms. The van der Waals surface area contributed by atoms with Gasteiger partial charge in [0.05, 0.1) is 4.90 Å². The molecule has 0 bridgehead atoms. The fourth-order valence-corrected chi connectivity index (χ4v) is 3.62. The van der Waals surface area contributed by atoms with Crippen LogP contribution >= 0.6 is 0 Å². The molecule has 0 amide bonds. The summed E-state index contributed by atoms with van der Waals surface area (Å²) >= 11 is 0. The lowest BCUT2D eigenvalue weighted by Crippen LogP contribution is -2.24. The maximum Gasteiger partial charge on any atom is 0.242 e. The van der Waals surface area contributed by atoms with Gasteiger partial charge in [0.15, 0.2) is 0 Å². The number of sulfonamides is 1. The van der Waals surface area contributed by atoms with Gasteiger partial charge in [-0.3, -0.25) is 4.90 Å². The molecule has 2 aromatic carbocycles. The average Bonchev–Trinajstić information content (AvgIpc) is 2.56. The van der Waals surface area contributed by atoms with Crippen LogP contribution in [-0.2, 0) is 23.1 Å². The summed E-state index contributed by atoms with van der Waals surface area (Å²) in [5.74, 6) is 0. The monoisotopic (exact) mass is 346 g/mol. The van der Waals surface area contributed by atoms with Crippen LogP contribution in [0.1, 0.15) is 24.5 Å². The van der Waals surface area contributed by atoms with Gasteiger partial charge in [0, 0.05) is 27.2 Å². The molecule has 24 heavy (non-hydrogen) atoms. The Morgan fingerprint density at radius 2 is 1.50 bits per heavy atom. The summed E-state index contributed by atoms with van der Waals surface area (Å²) in [6, 6.07) is 17.6. The van der Waals surface area contributed by atoms with Crippen molar-refractivity contribution in [3.8, 4) is 0 Å². The van der Waals surface area contributed by atoms with E-state index < -0.39 is 10.0 Å². The van der Waals surface area contributed by atoms with E-state index in [1.54, 1.807) is 26.2 Å². The Labute approximate surface area is 145 Å². The van der Waals surface area contributed by atoms with Crippen LogP contribution in [-0.4, -0.2) is 38.3 Å². The molecule has 0 spiro atoms. The standard InChI is InChI=1S/C19H26N2O2S/c1-4-13-21(15-17-9-6-5-7-10-17)16-18-11-8-12-19(14-18)24(22,23)20(2)3/h5-12,14H,4,13,15-16H2,1-3H3. The van der Waals surface area contributed by atoms with Crippen LogP contribution in [0.2, 0.25) is 0 Å². The average molecular weight is 346 g/mol. The number of nitrogens with zero attached hydrogens (tertiary/aromatic N) is 2. The van der Waals surface area contributed by atoms with Crippen molar-refractivity contribution in [1.29, 1.82) is 0 Å². The predicted octanol–water partition coefficient (Wildman–Crippen LogP) is 3.35. The topological polar surface area (TPSA) is 40.6 Å². The highest BCUT2D eigenvalue weighted by Crippen LogP contribution is 2.17. The van der Waals surface area contributed by atoms with Gasteiger partial charge in [0.2, 0.25) is 10.0 Å². The van der Waals surface area contributed by atoms with E-state index in [0.717, 1.165) is 31.6 Å². The van der Waals surface area contributed by atoms with Crippen molar-refractivity contribution < 1.29 is 8.42 Å². The largest absolute Gasteiger partial charge is 0.295 e. The first-order chi connectivity index (χ1) is 11.4. The van der Waals surface area contributed by atoms with Crippen LogP contribution < -0.4 is 0 Å². The van der Waals surface area contributed by atoms with E-state index in [4.69, 9.17) is 0 Å². The quantitative estimate of drug-likeness (QED) is 0.736. The Morgan fingerprint density at radius 1 is 0.875 bits per heavy atom. The second-order valence-corrected chi connectivity index (χ2v) is 8.28. The first kappa shape index (κ1) is 18.6. The summed E-state index contributed by atoms with van der Waals surface area (Å²) in [4.78, 5) is 2.69. The van der Waals surface area contributed by atoms with E-state index in [-0.39, 0.29) is 0 Å². The lowest BCUT2D eigenvalue weighted by atomic mass is 10.1. The zero-order valence-corrected chi connectivity index (χ0v) is 15.5. The predicted molar refractivity (Wildman–Crippen MR) is 98.2 cm³/mol. The van der Waals surface area contributed by atoms with Gasteiger partial charge in [-0.2, -0.15) is 0 Å². The van der Waals surface area contributed by atoms with Crippen LogP contribution in [0.15, 0.2) is 59.5 Å². The van der Waals surface area contributed by atoms with E-state index in [9.17, 15) is 8.42 Å². The van der Waals surface area contributed by atoms with Gasteiger partial charge in [-0.1, -0.05) is 49.4 Å². The third-order valence-corrected chi connectivity index (χ3v) is 5.68. The van der Waals surface area contributed by atoms with Crippen molar-refractivity contribution in [2.45, 2.75) is 31.3 Å². The summed E-state index contributed by atoms with van der Waals surface area (Å²) in [5.41, 5.74) is 2.28. The minimum absolute atomic E-state index is 0.348. The van der Waals surface area contributed by atoms with Gasteiger partial charge < -0.3 is 0 Å². The number of benzene rings is 2. The molecule has 4 nitrogen and oxygen atoms in total. The summed E-state index contributed by atoms with van der Waals surface area (Å²) in [7, 11) is -0.279. The van der Waals surface area contributed by atoms with Crippen LogP contribution in [0.5, 0.6) is 0 Å². The molecule has 0 atom stereocenters. The van der Waals surface area contributed by atoms with Crippen LogP contribution in [0.3, 0.4) is 0 Å². The van der Waals surface area contributed by atoms with Crippen molar-refractivity contribution in [2.24, 2.45) is 0 Å². The maximum absolute atomic E-state index is 12.3. The fourth-order valence-electron chi connectivity index (χ4n) is 2.65. The van der Waals surface area contributed by atoms with Crippen molar-refractivity contribution in [3.05, 3.63) is 65.7 Å². The van der Waals surface area contributed by atoms with Gasteiger partial charge in [-0.15, -0.1) is 0 Å². The highest BCUT2D eigenvalue weighted by Gasteiger charge is 2.17. The lowest BCUT2D eigenvalue weighted by molar-refractivity contribution is 0.257. The van der Waals surface area contributed by atoms with Crippen molar-refractivity contribution in [2.75, 3.05) is 20.6 Å². The zero-order valence-electron chi connectivity index (χ0n) is 14.6. The SMILES string of the molecule is CCCN(Cc1ccccc1)Cc1cccc(S(=O)(=O)N(C)C)c1. The second kappa shape index (κ2) is 8.42. The molecule has 0 fully saturated rings. The Balaban J connectivity index is 2.18. The number of rotatable bonds is 8. The molecule has 2 rings (SSSR count). The molecular weight excluding hydrogens is 320 g/mol. The first-order valence-electron chi connectivity index (χ1n) is 8.21. The molecular formula is C19H26N2O2S. The Morgan fingerprint density at radius 3 is 2.12 bits per heavy atom. The molecule has 0 radical (unpaired) electrons. The molecule has 0 unspecified atom stereocenters. The molecule has 0 saturated carbocycles. The summed E-state index contributed by atoms with van der Waals surface area (Å²) in [6.45, 7) is 4.73. The summed E-state index contributed by atoms with van der Waals surface area (Å²) in [6.07, 6.45) is 1.06. The minimum atomic E-state index is -3.39. The van der Waals surface area contributed by atoms with E-state index in [2.05, 4.69) is 24.0 Å². The summed E-state index contributed by atoms with van der Waals surface area (Å²) in [5, 5.41) is 0. The normalized spacial score (nSPS) is 12.0. The lowest BCUT2D eigenvalue weighted by Gasteiger charge is -2.22. The Hall–Kier alpha value is -1.69. The van der Waals surface area contributed by atoms with Gasteiger partial charge in [0.1, 0.15) is 0 Å². The Bertz CT molecular complexity index is 743.